The van der Waals surface area contributed by atoms with Gasteiger partial charge in [0.2, 0.25) is 0 Å². The second-order valence-corrected chi connectivity index (χ2v) is 5.74. The minimum Gasteiger partial charge on any atom is -0.478 e. The molecule has 1 saturated heterocycles. The van der Waals surface area contributed by atoms with Crippen LogP contribution in [0.5, 0.6) is 0 Å². The van der Waals surface area contributed by atoms with E-state index in [4.69, 9.17) is 5.73 Å². The number of thiazole rings is 1. The third-order valence-electron chi connectivity index (χ3n) is 3.56. The molecule has 0 amide bonds. The molecule has 110 valence electrons. The van der Waals surface area contributed by atoms with Gasteiger partial charge in [0, 0.05) is 43.4 Å². The standard InChI is InChI=1S/C14H16N4O2S/c15-10-1-2-12(11(9-10)13(19)20)17-4-6-18(7-5-17)14-16-3-8-21-14/h1-3,8-9H,4-7,15H2,(H,19,20). The lowest BCUT2D eigenvalue weighted by atomic mass is 10.1. The smallest absolute Gasteiger partial charge is 0.337 e. The molecule has 7 heteroatoms. The number of hydrogen-bond donors (Lipinski definition) is 2. The first-order chi connectivity index (χ1) is 10.1. The Labute approximate surface area is 126 Å². The van der Waals surface area contributed by atoms with Crippen LogP contribution in [0.15, 0.2) is 29.8 Å². The van der Waals surface area contributed by atoms with Crippen LogP contribution < -0.4 is 15.5 Å². The van der Waals surface area contributed by atoms with Crippen molar-refractivity contribution in [1.82, 2.24) is 4.98 Å². The molecule has 3 N–H and O–H groups in total. The Balaban J connectivity index is 1.76. The van der Waals surface area contributed by atoms with E-state index in [0.29, 0.717) is 5.69 Å². The lowest BCUT2D eigenvalue weighted by Crippen LogP contribution is -2.47. The zero-order valence-corrected chi connectivity index (χ0v) is 12.2. The Bertz CT molecular complexity index is 636. The molecule has 2 aromatic rings. The Morgan fingerprint density at radius 3 is 2.57 bits per heavy atom. The van der Waals surface area contributed by atoms with E-state index in [0.717, 1.165) is 37.0 Å². The van der Waals surface area contributed by atoms with E-state index in [9.17, 15) is 9.90 Å². The summed E-state index contributed by atoms with van der Waals surface area (Å²) in [7, 11) is 0. The highest BCUT2D eigenvalue weighted by atomic mass is 32.1. The Kier molecular flexibility index (Phi) is 3.66. The summed E-state index contributed by atoms with van der Waals surface area (Å²) < 4.78 is 0. The monoisotopic (exact) mass is 304 g/mol. The topological polar surface area (TPSA) is 82.7 Å². The molecule has 1 aliphatic heterocycles. The van der Waals surface area contributed by atoms with Crippen LogP contribution in [-0.4, -0.2) is 42.2 Å². The molecule has 0 saturated carbocycles. The van der Waals surface area contributed by atoms with Crippen molar-refractivity contribution in [3.8, 4) is 0 Å². The van der Waals surface area contributed by atoms with Crippen LogP contribution >= 0.6 is 11.3 Å². The SMILES string of the molecule is Nc1ccc(N2CCN(c3nccs3)CC2)c(C(=O)O)c1. The highest BCUT2D eigenvalue weighted by Crippen LogP contribution is 2.26. The molecular weight excluding hydrogens is 288 g/mol. The number of nitrogen functional groups attached to an aromatic ring is 1. The molecule has 0 bridgehead atoms. The van der Waals surface area contributed by atoms with Gasteiger partial charge in [-0.1, -0.05) is 0 Å². The zero-order chi connectivity index (χ0) is 14.8. The average Bonchev–Trinajstić information content (AvgIpc) is 3.01. The van der Waals surface area contributed by atoms with Crippen LogP contribution in [0.4, 0.5) is 16.5 Å². The molecule has 1 aliphatic rings. The molecule has 21 heavy (non-hydrogen) atoms. The van der Waals surface area contributed by atoms with Crippen LogP contribution in [0.2, 0.25) is 0 Å². The van der Waals surface area contributed by atoms with Crippen molar-refractivity contribution >= 4 is 33.8 Å². The first-order valence-corrected chi connectivity index (χ1v) is 7.55. The number of aromatic carboxylic acids is 1. The summed E-state index contributed by atoms with van der Waals surface area (Å²) in [6, 6.07) is 5.05. The largest absolute Gasteiger partial charge is 0.478 e. The van der Waals surface area contributed by atoms with Crippen molar-refractivity contribution < 1.29 is 9.90 Å². The summed E-state index contributed by atoms with van der Waals surface area (Å²) in [5, 5.41) is 12.3. The van der Waals surface area contributed by atoms with Crippen LogP contribution in [0.25, 0.3) is 0 Å². The average molecular weight is 304 g/mol. The predicted molar refractivity (Wildman–Crippen MR) is 84.4 cm³/mol. The van der Waals surface area contributed by atoms with Gasteiger partial charge in [0.05, 0.1) is 11.3 Å². The fraction of sp³-hybridized carbons (Fsp3) is 0.286. The molecule has 0 unspecified atom stereocenters. The summed E-state index contributed by atoms with van der Waals surface area (Å²) in [4.78, 5) is 20.0. The molecule has 1 aromatic heterocycles. The van der Waals surface area contributed by atoms with Gasteiger partial charge in [0.15, 0.2) is 5.13 Å². The Morgan fingerprint density at radius 1 is 1.24 bits per heavy atom. The normalized spacial score (nSPS) is 15.2. The first-order valence-electron chi connectivity index (χ1n) is 6.67. The van der Waals surface area contributed by atoms with Gasteiger partial charge in [-0.25, -0.2) is 9.78 Å². The van der Waals surface area contributed by atoms with E-state index in [1.54, 1.807) is 29.7 Å². The van der Waals surface area contributed by atoms with Crippen LogP contribution in [-0.2, 0) is 0 Å². The maximum atomic E-state index is 11.4. The highest BCUT2D eigenvalue weighted by molar-refractivity contribution is 7.13. The van der Waals surface area contributed by atoms with E-state index >= 15 is 0 Å². The molecule has 1 aromatic carbocycles. The molecule has 2 heterocycles. The van der Waals surface area contributed by atoms with Crippen molar-refractivity contribution in [2.24, 2.45) is 0 Å². The van der Waals surface area contributed by atoms with Crippen molar-refractivity contribution in [3.63, 3.8) is 0 Å². The number of benzene rings is 1. The predicted octanol–water partition coefficient (Wildman–Crippen LogP) is 1.75. The summed E-state index contributed by atoms with van der Waals surface area (Å²) >= 11 is 1.62. The minimum absolute atomic E-state index is 0.262. The van der Waals surface area contributed by atoms with Gasteiger partial charge in [-0.3, -0.25) is 0 Å². The molecular formula is C14H16N4O2S. The van der Waals surface area contributed by atoms with Gasteiger partial charge in [0.25, 0.3) is 0 Å². The minimum atomic E-state index is -0.945. The quantitative estimate of drug-likeness (QED) is 0.841. The van der Waals surface area contributed by atoms with Gasteiger partial charge in [-0.05, 0) is 18.2 Å². The van der Waals surface area contributed by atoms with Gasteiger partial charge < -0.3 is 20.6 Å². The summed E-state index contributed by atoms with van der Waals surface area (Å²) in [6.07, 6.45) is 1.80. The first kappa shape index (κ1) is 13.7. The molecule has 1 fully saturated rings. The molecule has 6 nitrogen and oxygen atoms in total. The number of aromatic nitrogens is 1. The Hall–Kier alpha value is -2.28. The lowest BCUT2D eigenvalue weighted by molar-refractivity contribution is 0.0697. The van der Waals surface area contributed by atoms with Crippen LogP contribution in [0.3, 0.4) is 0 Å². The number of carboxylic acids is 1. The van der Waals surface area contributed by atoms with E-state index in [1.165, 1.54) is 6.07 Å². The van der Waals surface area contributed by atoms with Crippen molar-refractivity contribution in [1.29, 1.82) is 0 Å². The van der Waals surface area contributed by atoms with Gasteiger partial charge >= 0.3 is 5.97 Å². The van der Waals surface area contributed by atoms with Crippen LogP contribution in [0, 0.1) is 0 Å². The maximum Gasteiger partial charge on any atom is 0.337 e. The molecule has 0 radical (unpaired) electrons. The number of nitrogens with zero attached hydrogens (tertiary/aromatic N) is 3. The van der Waals surface area contributed by atoms with Gasteiger partial charge in [-0.15, -0.1) is 11.3 Å². The number of hydrogen-bond acceptors (Lipinski definition) is 6. The lowest BCUT2D eigenvalue weighted by Gasteiger charge is -2.36. The fourth-order valence-electron chi connectivity index (χ4n) is 2.51. The fourth-order valence-corrected chi connectivity index (χ4v) is 3.21. The van der Waals surface area contributed by atoms with Gasteiger partial charge in [0.1, 0.15) is 0 Å². The van der Waals surface area contributed by atoms with Crippen molar-refractivity contribution in [2.45, 2.75) is 0 Å². The number of nitrogens with two attached hydrogens (primary N) is 1. The maximum absolute atomic E-state index is 11.4. The highest BCUT2D eigenvalue weighted by Gasteiger charge is 2.22. The van der Waals surface area contributed by atoms with Crippen molar-refractivity contribution in [3.05, 3.63) is 35.3 Å². The number of carboxylic acid groups (broad SMARTS) is 1. The van der Waals surface area contributed by atoms with Crippen LogP contribution in [0.1, 0.15) is 10.4 Å². The Morgan fingerprint density at radius 2 is 1.95 bits per heavy atom. The second-order valence-electron chi connectivity index (χ2n) is 4.87. The summed E-state index contributed by atoms with van der Waals surface area (Å²) in [6.45, 7) is 3.20. The summed E-state index contributed by atoms with van der Waals surface area (Å²) in [5.74, 6) is -0.945. The van der Waals surface area contributed by atoms with E-state index < -0.39 is 5.97 Å². The van der Waals surface area contributed by atoms with Crippen molar-refractivity contribution in [2.75, 3.05) is 41.7 Å². The second kappa shape index (κ2) is 5.61. The zero-order valence-electron chi connectivity index (χ0n) is 11.4. The summed E-state index contributed by atoms with van der Waals surface area (Å²) in [5.41, 5.74) is 7.15. The van der Waals surface area contributed by atoms with E-state index in [2.05, 4.69) is 14.8 Å². The third-order valence-corrected chi connectivity index (χ3v) is 4.39. The van der Waals surface area contributed by atoms with E-state index in [1.807, 2.05) is 5.38 Å². The molecule has 0 spiro atoms. The van der Waals surface area contributed by atoms with Gasteiger partial charge in [-0.2, -0.15) is 0 Å². The molecule has 3 rings (SSSR count). The third kappa shape index (κ3) is 2.78. The number of piperazine rings is 1. The molecule has 0 aliphatic carbocycles. The number of carbonyl (C=O) groups is 1. The number of anilines is 3. The number of rotatable bonds is 3. The molecule has 0 atom stereocenters. The van der Waals surface area contributed by atoms with E-state index in [-0.39, 0.29) is 5.56 Å².